The molecule has 3 nitrogen and oxygen atoms in total. The van der Waals surface area contributed by atoms with E-state index in [1.165, 1.54) is 43.1 Å². The fourth-order valence-corrected chi connectivity index (χ4v) is 9.14. The van der Waals surface area contributed by atoms with Crippen LogP contribution in [0.15, 0.2) is 71.2 Å². The molecule has 4 aliphatic carbocycles. The molecule has 0 radical (unpaired) electrons. The van der Waals surface area contributed by atoms with E-state index in [-0.39, 0.29) is 17.5 Å². The van der Waals surface area contributed by atoms with Crippen LogP contribution >= 0.6 is 0 Å². The third kappa shape index (κ3) is 3.64. The standard InChI is InChI=1S/C34H38O3/c1-33-18-16-24(30-21-23-10-6-7-11-29(23)36-30)20-25(33)12-13-26-27-14-15-31(34(27,2)19-17-28(26)33)37-32(35)22-8-4-3-5-9-22/h3-11,16,21,25-28,31H,12-15,17-20H2,1-2H3. The van der Waals surface area contributed by atoms with E-state index < -0.39 is 0 Å². The molecule has 2 aromatic carbocycles. The molecule has 37 heavy (non-hydrogen) atoms. The Hall–Kier alpha value is -2.81. The fourth-order valence-electron chi connectivity index (χ4n) is 9.14. The Balaban J connectivity index is 1.10. The molecular formula is C34H38O3. The SMILES string of the molecule is CC12CC=C(c3cc4ccccc4o3)CC1CCC1C2CCC2(C)C(OC(=O)c3ccccc3)CCC12. The van der Waals surface area contributed by atoms with Crippen LogP contribution < -0.4 is 0 Å². The summed E-state index contributed by atoms with van der Waals surface area (Å²) in [6.07, 6.45) is 12.1. The molecule has 7 atom stereocenters. The van der Waals surface area contributed by atoms with Crippen LogP contribution in [0.2, 0.25) is 0 Å². The molecule has 0 bridgehead atoms. The average molecular weight is 495 g/mol. The minimum absolute atomic E-state index is 0.0441. The van der Waals surface area contributed by atoms with Crippen molar-refractivity contribution in [2.24, 2.45) is 34.5 Å². The van der Waals surface area contributed by atoms with E-state index in [1.54, 1.807) is 0 Å². The first-order chi connectivity index (χ1) is 18.0. The van der Waals surface area contributed by atoms with Gasteiger partial charge in [-0.05, 0) is 110 Å². The highest BCUT2D eigenvalue weighted by Crippen LogP contribution is 2.66. The van der Waals surface area contributed by atoms with Gasteiger partial charge in [-0.2, -0.15) is 0 Å². The van der Waals surface area contributed by atoms with Crippen molar-refractivity contribution in [2.45, 2.75) is 71.3 Å². The second-order valence-electron chi connectivity index (χ2n) is 12.8. The molecule has 0 N–H and O–H groups in total. The lowest BCUT2D eigenvalue weighted by Crippen LogP contribution is -2.53. The highest BCUT2D eigenvalue weighted by atomic mass is 16.5. The van der Waals surface area contributed by atoms with Gasteiger partial charge in [0.1, 0.15) is 17.4 Å². The van der Waals surface area contributed by atoms with E-state index in [0.717, 1.165) is 48.4 Å². The predicted octanol–water partition coefficient (Wildman–Crippen LogP) is 8.69. The number of hydrogen-bond acceptors (Lipinski definition) is 3. The second kappa shape index (κ2) is 8.61. The van der Waals surface area contributed by atoms with E-state index in [4.69, 9.17) is 9.15 Å². The van der Waals surface area contributed by atoms with Gasteiger partial charge in [0, 0.05) is 10.8 Å². The molecule has 3 saturated carbocycles. The maximum Gasteiger partial charge on any atom is 0.338 e. The number of para-hydroxylation sites is 1. The topological polar surface area (TPSA) is 39.4 Å². The van der Waals surface area contributed by atoms with Gasteiger partial charge in [-0.25, -0.2) is 4.79 Å². The van der Waals surface area contributed by atoms with Gasteiger partial charge in [-0.15, -0.1) is 0 Å². The number of benzene rings is 2. The van der Waals surface area contributed by atoms with E-state index in [0.29, 0.717) is 16.9 Å². The number of hydrogen-bond donors (Lipinski definition) is 0. The van der Waals surface area contributed by atoms with Gasteiger partial charge in [0.2, 0.25) is 0 Å². The van der Waals surface area contributed by atoms with E-state index in [2.05, 4.69) is 50.3 Å². The van der Waals surface area contributed by atoms with Gasteiger partial charge in [0.15, 0.2) is 0 Å². The van der Waals surface area contributed by atoms with Gasteiger partial charge < -0.3 is 9.15 Å². The minimum atomic E-state index is -0.152. The van der Waals surface area contributed by atoms with Crippen LogP contribution in [0.3, 0.4) is 0 Å². The smallest absolute Gasteiger partial charge is 0.338 e. The Morgan fingerprint density at radius 3 is 2.51 bits per heavy atom. The quantitative estimate of drug-likeness (QED) is 0.342. The Labute approximate surface area is 220 Å². The van der Waals surface area contributed by atoms with Crippen LogP contribution in [0.4, 0.5) is 0 Å². The van der Waals surface area contributed by atoms with Crippen molar-refractivity contribution >= 4 is 22.5 Å². The number of carbonyl (C=O) groups excluding carboxylic acids is 1. The summed E-state index contributed by atoms with van der Waals surface area (Å²) in [7, 11) is 0. The molecular weight excluding hydrogens is 456 g/mol. The Bertz CT molecular complexity index is 1320. The summed E-state index contributed by atoms with van der Waals surface area (Å²) in [6.45, 7) is 5.02. The number of carbonyl (C=O) groups is 1. The van der Waals surface area contributed by atoms with Gasteiger partial charge >= 0.3 is 5.97 Å². The minimum Gasteiger partial charge on any atom is -0.458 e. The van der Waals surface area contributed by atoms with Crippen LogP contribution in [0.5, 0.6) is 0 Å². The van der Waals surface area contributed by atoms with Crippen molar-refractivity contribution in [3.8, 4) is 0 Å². The summed E-state index contributed by atoms with van der Waals surface area (Å²) in [4.78, 5) is 12.9. The third-order valence-corrected chi connectivity index (χ3v) is 11.2. The molecule has 192 valence electrons. The average Bonchev–Trinajstić information content (AvgIpc) is 3.50. The largest absolute Gasteiger partial charge is 0.458 e. The normalized spacial score (nSPS) is 36.8. The summed E-state index contributed by atoms with van der Waals surface area (Å²) in [5.74, 6) is 3.82. The summed E-state index contributed by atoms with van der Waals surface area (Å²) in [5, 5.41) is 1.20. The number of ether oxygens (including phenoxy) is 1. The van der Waals surface area contributed by atoms with Crippen molar-refractivity contribution in [3.63, 3.8) is 0 Å². The third-order valence-electron chi connectivity index (χ3n) is 11.2. The Morgan fingerprint density at radius 2 is 1.68 bits per heavy atom. The predicted molar refractivity (Wildman–Crippen MR) is 147 cm³/mol. The van der Waals surface area contributed by atoms with E-state index in [9.17, 15) is 4.79 Å². The van der Waals surface area contributed by atoms with Crippen LogP contribution in [-0.2, 0) is 4.74 Å². The van der Waals surface area contributed by atoms with E-state index in [1.807, 2.05) is 30.3 Å². The first-order valence-electron chi connectivity index (χ1n) is 14.4. The number of fused-ring (bicyclic) bond motifs is 6. The van der Waals surface area contributed by atoms with Crippen LogP contribution in [-0.4, -0.2) is 12.1 Å². The summed E-state index contributed by atoms with van der Waals surface area (Å²) >= 11 is 0. The van der Waals surface area contributed by atoms with Crippen molar-refractivity contribution in [1.29, 1.82) is 0 Å². The lowest BCUT2D eigenvalue weighted by atomic mass is 9.45. The fraction of sp³-hybridized carbons (Fsp3) is 0.500. The first-order valence-corrected chi connectivity index (χ1v) is 14.4. The van der Waals surface area contributed by atoms with Crippen molar-refractivity contribution < 1.29 is 13.9 Å². The zero-order valence-corrected chi connectivity index (χ0v) is 22.1. The zero-order valence-electron chi connectivity index (χ0n) is 22.1. The lowest BCUT2D eigenvalue weighted by molar-refractivity contribution is -0.110. The van der Waals surface area contributed by atoms with Gasteiger partial charge in [-0.1, -0.05) is 56.3 Å². The highest BCUT2D eigenvalue weighted by molar-refractivity contribution is 5.89. The molecule has 0 saturated heterocycles. The Morgan fingerprint density at radius 1 is 0.892 bits per heavy atom. The van der Waals surface area contributed by atoms with Gasteiger partial charge in [-0.3, -0.25) is 0 Å². The molecule has 7 rings (SSSR count). The maximum absolute atomic E-state index is 12.9. The second-order valence-corrected chi connectivity index (χ2v) is 12.8. The molecule has 3 heteroatoms. The molecule has 0 spiro atoms. The zero-order chi connectivity index (χ0) is 25.2. The van der Waals surface area contributed by atoms with Gasteiger partial charge in [0.05, 0.1) is 5.56 Å². The maximum atomic E-state index is 12.9. The van der Waals surface area contributed by atoms with E-state index >= 15 is 0 Å². The molecule has 1 heterocycles. The van der Waals surface area contributed by atoms with Crippen LogP contribution in [0.1, 0.15) is 81.3 Å². The number of rotatable bonds is 3. The monoisotopic (exact) mass is 494 g/mol. The van der Waals surface area contributed by atoms with Crippen LogP contribution in [0, 0.1) is 34.5 Å². The number of esters is 1. The molecule has 1 aromatic heterocycles. The van der Waals surface area contributed by atoms with Crippen molar-refractivity contribution in [2.75, 3.05) is 0 Å². The number of allylic oxidation sites excluding steroid dienone is 2. The number of furan rings is 1. The molecule has 3 fully saturated rings. The molecule has 0 aliphatic heterocycles. The summed E-state index contributed by atoms with van der Waals surface area (Å²) < 4.78 is 12.5. The first kappa shape index (κ1) is 23.3. The molecule has 0 amide bonds. The Kier molecular flexibility index (Phi) is 5.43. The summed E-state index contributed by atoms with van der Waals surface area (Å²) in [6, 6.07) is 20.1. The lowest BCUT2D eigenvalue weighted by Gasteiger charge is -2.59. The molecule has 7 unspecified atom stereocenters. The van der Waals surface area contributed by atoms with Crippen LogP contribution in [0.25, 0.3) is 16.5 Å². The summed E-state index contributed by atoms with van der Waals surface area (Å²) in [5.41, 5.74) is 3.54. The van der Waals surface area contributed by atoms with Crippen molar-refractivity contribution in [3.05, 3.63) is 78.1 Å². The van der Waals surface area contributed by atoms with Crippen molar-refractivity contribution in [1.82, 2.24) is 0 Å². The highest BCUT2D eigenvalue weighted by Gasteiger charge is 2.60. The van der Waals surface area contributed by atoms with Gasteiger partial charge in [0.25, 0.3) is 0 Å². The molecule has 4 aliphatic rings. The molecule has 3 aromatic rings.